The number of esters is 1. The minimum atomic E-state index is -0.369. The zero-order valence-electron chi connectivity index (χ0n) is 15.2. The van der Waals surface area contributed by atoms with Crippen LogP contribution in [0, 0.1) is 22.7 Å². The highest BCUT2D eigenvalue weighted by Crippen LogP contribution is 2.59. The Labute approximate surface area is 143 Å². The fraction of sp³-hybridized carbons (Fsp3) is 0.700. The van der Waals surface area contributed by atoms with E-state index < -0.39 is 0 Å². The molecule has 2 saturated carbocycles. The summed E-state index contributed by atoms with van der Waals surface area (Å²) in [5.74, 6) is 1.26. The minimum Gasteiger partial charge on any atom is -0.468 e. The van der Waals surface area contributed by atoms with Gasteiger partial charge in [0.25, 0.3) is 0 Å². The molecule has 0 saturated heterocycles. The smallest absolute Gasteiger partial charge is 0.341 e. The molecule has 3 atom stereocenters. The largest absolute Gasteiger partial charge is 0.468 e. The van der Waals surface area contributed by atoms with Crippen LogP contribution in [0.25, 0.3) is 0 Å². The monoisotopic (exact) mass is 332 g/mol. The van der Waals surface area contributed by atoms with Crippen molar-refractivity contribution in [2.24, 2.45) is 22.7 Å². The van der Waals surface area contributed by atoms with Gasteiger partial charge in [-0.1, -0.05) is 27.2 Å². The normalized spacial score (nSPS) is 32.2. The zero-order valence-corrected chi connectivity index (χ0v) is 15.2. The molecular weight excluding hydrogens is 304 g/mol. The van der Waals surface area contributed by atoms with Gasteiger partial charge in [-0.15, -0.1) is 0 Å². The molecular formula is C20H28O4. The average molecular weight is 332 g/mol. The Bertz CT molecular complexity index is 642. The number of ether oxygens (including phenoxy) is 1. The van der Waals surface area contributed by atoms with Gasteiger partial charge in [0.1, 0.15) is 17.1 Å². The lowest BCUT2D eigenvalue weighted by Crippen LogP contribution is -2.51. The van der Waals surface area contributed by atoms with E-state index in [9.17, 15) is 9.59 Å². The Kier molecular flexibility index (Phi) is 4.35. The van der Waals surface area contributed by atoms with Crippen LogP contribution in [-0.2, 0) is 16.0 Å². The van der Waals surface area contributed by atoms with E-state index in [-0.39, 0.29) is 22.7 Å². The Morgan fingerprint density at radius 2 is 2.04 bits per heavy atom. The van der Waals surface area contributed by atoms with Crippen LogP contribution in [0.4, 0.5) is 0 Å². The number of hydrogen-bond acceptors (Lipinski definition) is 4. The van der Waals surface area contributed by atoms with Crippen LogP contribution >= 0.6 is 0 Å². The summed E-state index contributed by atoms with van der Waals surface area (Å²) >= 11 is 0. The first-order valence-electron chi connectivity index (χ1n) is 8.94. The van der Waals surface area contributed by atoms with E-state index in [1.165, 1.54) is 26.2 Å². The molecule has 0 amide bonds. The third-order valence-corrected chi connectivity index (χ3v) is 6.70. The molecule has 0 bridgehead atoms. The number of fused-ring (bicyclic) bond motifs is 1. The average Bonchev–Trinajstić information content (AvgIpc) is 2.97. The predicted molar refractivity (Wildman–Crippen MR) is 90.7 cm³/mol. The van der Waals surface area contributed by atoms with E-state index in [1.807, 2.05) is 0 Å². The molecule has 132 valence electrons. The van der Waals surface area contributed by atoms with Gasteiger partial charge in [0.2, 0.25) is 0 Å². The van der Waals surface area contributed by atoms with Gasteiger partial charge >= 0.3 is 5.97 Å². The van der Waals surface area contributed by atoms with Crippen LogP contribution in [0.5, 0.6) is 0 Å². The molecule has 3 rings (SSSR count). The molecule has 24 heavy (non-hydrogen) atoms. The Morgan fingerprint density at radius 3 is 2.75 bits per heavy atom. The van der Waals surface area contributed by atoms with Crippen LogP contribution < -0.4 is 0 Å². The third kappa shape index (κ3) is 2.80. The van der Waals surface area contributed by atoms with E-state index in [0.717, 1.165) is 6.42 Å². The molecule has 0 aliphatic heterocycles. The van der Waals surface area contributed by atoms with Crippen LogP contribution in [0.15, 0.2) is 16.7 Å². The lowest BCUT2D eigenvalue weighted by molar-refractivity contribution is -0.138. The van der Waals surface area contributed by atoms with Crippen molar-refractivity contribution < 1.29 is 18.7 Å². The van der Waals surface area contributed by atoms with Gasteiger partial charge in [0.15, 0.2) is 0 Å². The maximum atomic E-state index is 12.4. The molecule has 1 heterocycles. The summed E-state index contributed by atoms with van der Waals surface area (Å²) in [5.41, 5.74) is 0.802. The molecule has 1 aromatic heterocycles. The summed E-state index contributed by atoms with van der Waals surface area (Å²) in [7, 11) is 1.38. The molecule has 0 spiro atoms. The second kappa shape index (κ2) is 6.05. The van der Waals surface area contributed by atoms with E-state index in [2.05, 4.69) is 20.8 Å². The van der Waals surface area contributed by atoms with Crippen LogP contribution in [-0.4, -0.2) is 18.9 Å². The second-order valence-corrected chi connectivity index (χ2v) is 8.50. The lowest BCUT2D eigenvalue weighted by atomic mass is 9.47. The highest BCUT2D eigenvalue weighted by molar-refractivity contribution is 5.90. The highest BCUT2D eigenvalue weighted by Gasteiger charge is 2.53. The van der Waals surface area contributed by atoms with Crippen molar-refractivity contribution in [2.75, 3.05) is 7.11 Å². The first-order chi connectivity index (χ1) is 11.3. The quantitative estimate of drug-likeness (QED) is 0.769. The van der Waals surface area contributed by atoms with Gasteiger partial charge in [0.05, 0.1) is 13.4 Å². The summed E-state index contributed by atoms with van der Waals surface area (Å²) < 4.78 is 10.4. The highest BCUT2D eigenvalue weighted by atomic mass is 16.5. The van der Waals surface area contributed by atoms with Crippen LogP contribution in [0.2, 0.25) is 0 Å². The van der Waals surface area contributed by atoms with Crippen molar-refractivity contribution in [3.8, 4) is 0 Å². The van der Waals surface area contributed by atoms with Gasteiger partial charge < -0.3 is 9.15 Å². The van der Waals surface area contributed by atoms with Gasteiger partial charge in [-0.3, -0.25) is 4.79 Å². The molecule has 0 aromatic carbocycles. The van der Waals surface area contributed by atoms with Gasteiger partial charge in [-0.2, -0.15) is 0 Å². The molecule has 0 N–H and O–H groups in total. The van der Waals surface area contributed by atoms with E-state index in [0.29, 0.717) is 42.3 Å². The minimum absolute atomic E-state index is 0.121. The summed E-state index contributed by atoms with van der Waals surface area (Å²) in [5, 5.41) is 0. The topological polar surface area (TPSA) is 56.5 Å². The van der Waals surface area contributed by atoms with E-state index in [4.69, 9.17) is 9.15 Å². The number of carbonyl (C=O) groups is 2. The maximum absolute atomic E-state index is 12.4. The zero-order chi connectivity index (χ0) is 17.5. The van der Waals surface area contributed by atoms with Crippen LogP contribution in [0.1, 0.15) is 69.0 Å². The van der Waals surface area contributed by atoms with E-state index >= 15 is 0 Å². The molecule has 0 radical (unpaired) electrons. The first kappa shape index (κ1) is 17.2. The van der Waals surface area contributed by atoms with Crippen molar-refractivity contribution >= 4 is 11.8 Å². The summed E-state index contributed by atoms with van der Waals surface area (Å²) in [6.45, 7) is 6.95. The summed E-state index contributed by atoms with van der Waals surface area (Å²) in [6, 6.07) is 1.66. The third-order valence-electron chi connectivity index (χ3n) is 6.70. The summed E-state index contributed by atoms with van der Waals surface area (Å²) in [4.78, 5) is 24.4. The van der Waals surface area contributed by atoms with Crippen molar-refractivity contribution in [3.05, 3.63) is 23.7 Å². The SMILES string of the molecule is COC(=O)c1ccoc1C[C@H]1CC(=O)C[C@H]2C(C)(C)CCC[C@]12C. The second-order valence-electron chi connectivity index (χ2n) is 8.50. The van der Waals surface area contributed by atoms with Gasteiger partial charge in [-0.25, -0.2) is 4.79 Å². The molecule has 1 aromatic rings. The van der Waals surface area contributed by atoms with E-state index in [1.54, 1.807) is 6.07 Å². The number of hydrogen-bond donors (Lipinski definition) is 0. The number of rotatable bonds is 3. The van der Waals surface area contributed by atoms with Crippen LogP contribution in [0.3, 0.4) is 0 Å². The van der Waals surface area contributed by atoms with Crippen molar-refractivity contribution in [1.82, 2.24) is 0 Å². The van der Waals surface area contributed by atoms with Crippen molar-refractivity contribution in [2.45, 2.75) is 59.3 Å². The lowest BCUT2D eigenvalue weighted by Gasteiger charge is -2.56. The van der Waals surface area contributed by atoms with Crippen molar-refractivity contribution in [3.63, 3.8) is 0 Å². The molecule has 2 aliphatic rings. The molecule has 0 unspecified atom stereocenters. The number of ketones is 1. The Balaban J connectivity index is 1.91. The molecule has 2 aliphatic carbocycles. The van der Waals surface area contributed by atoms with Crippen molar-refractivity contribution in [1.29, 1.82) is 0 Å². The standard InChI is InChI=1S/C20H28O4/c1-19(2)7-5-8-20(3)13(10-14(21)12-17(19)20)11-16-15(6-9-24-16)18(22)23-4/h6,9,13,17H,5,7-8,10-12H2,1-4H3/t13-,17+,20-/m1/s1. The molecule has 2 fully saturated rings. The van der Waals surface area contributed by atoms with Gasteiger partial charge in [-0.05, 0) is 41.6 Å². The first-order valence-corrected chi connectivity index (χ1v) is 8.94. The summed E-state index contributed by atoms with van der Waals surface area (Å²) in [6.07, 6.45) is 6.98. The fourth-order valence-corrected chi connectivity index (χ4v) is 5.30. The molecule has 4 nitrogen and oxygen atoms in total. The fourth-order valence-electron chi connectivity index (χ4n) is 5.30. The maximum Gasteiger partial charge on any atom is 0.341 e. The van der Waals surface area contributed by atoms with Gasteiger partial charge in [0, 0.05) is 19.3 Å². The predicted octanol–water partition coefficient (Wildman–Crippen LogP) is 4.42. The number of carbonyl (C=O) groups excluding carboxylic acids is 2. The Hall–Kier alpha value is -1.58. The number of methoxy groups -OCH3 is 1. The number of furan rings is 1. The number of Topliss-reactive ketones (excluding diaryl/α,β-unsaturated/α-hetero) is 1. The molecule has 4 heteroatoms. The Morgan fingerprint density at radius 1 is 1.29 bits per heavy atom.